The van der Waals surface area contributed by atoms with Gasteiger partial charge in [-0.2, -0.15) is 0 Å². The number of nitro benzene ring substituents is 1. The number of hydrogen-bond donors (Lipinski definition) is 1. The highest BCUT2D eigenvalue weighted by molar-refractivity contribution is 7.99. The topological polar surface area (TPSA) is 103 Å². The highest BCUT2D eigenvalue weighted by atomic mass is 32.2. The number of carbonyl (C=O) groups excluding carboxylic acids is 1. The quantitative estimate of drug-likeness (QED) is 0.247. The molecule has 0 bridgehead atoms. The summed E-state index contributed by atoms with van der Waals surface area (Å²) in [6.45, 7) is 0.290. The second-order valence-corrected chi connectivity index (χ2v) is 7.77. The van der Waals surface area contributed by atoms with Crippen molar-refractivity contribution in [1.29, 1.82) is 0 Å². The number of nitrogens with zero attached hydrogens (tertiary/aromatic N) is 4. The van der Waals surface area contributed by atoms with Crippen LogP contribution < -0.4 is 5.32 Å². The predicted molar refractivity (Wildman–Crippen MR) is 122 cm³/mol. The molecule has 0 aliphatic carbocycles. The molecule has 0 aliphatic rings. The molecule has 1 aromatic heterocycles. The summed E-state index contributed by atoms with van der Waals surface area (Å²) in [6.07, 6.45) is 0. The van der Waals surface area contributed by atoms with Gasteiger partial charge in [0.05, 0.1) is 10.7 Å². The van der Waals surface area contributed by atoms with Crippen LogP contribution >= 0.6 is 11.8 Å². The molecule has 0 radical (unpaired) electrons. The average Bonchev–Trinajstić information content (AvgIpc) is 3.27. The highest BCUT2D eigenvalue weighted by Crippen LogP contribution is 2.27. The zero-order valence-electron chi connectivity index (χ0n) is 16.9. The van der Waals surface area contributed by atoms with Gasteiger partial charge in [0.15, 0.2) is 11.0 Å². The Morgan fingerprint density at radius 1 is 0.938 bits per heavy atom. The number of hydrogen-bond acceptors (Lipinski definition) is 6. The average molecular weight is 446 g/mol. The van der Waals surface area contributed by atoms with Crippen LogP contribution in [0.2, 0.25) is 0 Å². The van der Waals surface area contributed by atoms with Crippen molar-refractivity contribution >= 4 is 23.4 Å². The van der Waals surface area contributed by atoms with Gasteiger partial charge in [-0.1, -0.05) is 72.4 Å². The van der Waals surface area contributed by atoms with Crippen LogP contribution in [-0.4, -0.2) is 31.3 Å². The van der Waals surface area contributed by atoms with Crippen molar-refractivity contribution in [3.8, 4) is 17.1 Å². The summed E-state index contributed by atoms with van der Waals surface area (Å²) in [4.78, 5) is 22.7. The van der Waals surface area contributed by atoms with Crippen LogP contribution in [0.5, 0.6) is 0 Å². The Hall–Kier alpha value is -3.98. The van der Waals surface area contributed by atoms with Gasteiger partial charge in [-0.05, 0) is 17.7 Å². The SMILES string of the molecule is O=C(CSc1nnc(-c2ccccc2)n1-c1ccccc1)NCc1ccc([N+](=O)[O-])cc1. The second-order valence-electron chi connectivity index (χ2n) is 6.83. The first kappa shape index (κ1) is 21.3. The predicted octanol–water partition coefficient (Wildman–Crippen LogP) is 4.25. The van der Waals surface area contributed by atoms with Crippen LogP contribution in [0.15, 0.2) is 90.1 Å². The summed E-state index contributed by atoms with van der Waals surface area (Å²) >= 11 is 1.29. The van der Waals surface area contributed by atoms with E-state index < -0.39 is 4.92 Å². The summed E-state index contributed by atoms with van der Waals surface area (Å²) in [5.41, 5.74) is 2.64. The molecular formula is C23H19N5O3S. The third-order valence-electron chi connectivity index (χ3n) is 4.65. The molecule has 0 aliphatic heterocycles. The van der Waals surface area contributed by atoms with Gasteiger partial charge in [0, 0.05) is 29.9 Å². The zero-order valence-corrected chi connectivity index (χ0v) is 17.7. The maximum atomic E-state index is 12.4. The Morgan fingerprint density at radius 3 is 2.25 bits per heavy atom. The van der Waals surface area contributed by atoms with Crippen LogP contribution in [0.4, 0.5) is 5.69 Å². The molecule has 4 rings (SSSR count). The molecule has 9 heteroatoms. The van der Waals surface area contributed by atoms with Crippen molar-refractivity contribution in [1.82, 2.24) is 20.1 Å². The lowest BCUT2D eigenvalue weighted by Crippen LogP contribution is -2.24. The minimum Gasteiger partial charge on any atom is -0.351 e. The number of rotatable bonds is 8. The smallest absolute Gasteiger partial charge is 0.269 e. The Morgan fingerprint density at radius 2 is 1.59 bits per heavy atom. The number of amides is 1. The van der Waals surface area contributed by atoms with E-state index in [0.29, 0.717) is 11.0 Å². The molecule has 0 saturated carbocycles. The standard InChI is InChI=1S/C23H19N5O3S/c29-21(24-15-17-11-13-20(14-12-17)28(30)31)16-32-23-26-25-22(18-7-3-1-4-8-18)27(23)19-9-5-2-6-10-19/h1-14H,15-16H2,(H,24,29). The lowest BCUT2D eigenvalue weighted by Gasteiger charge is -2.10. The number of para-hydroxylation sites is 1. The first-order valence-corrected chi connectivity index (χ1v) is 10.8. The number of nitrogens with one attached hydrogen (secondary N) is 1. The number of thioether (sulfide) groups is 1. The fourth-order valence-corrected chi connectivity index (χ4v) is 3.85. The number of nitro groups is 1. The van der Waals surface area contributed by atoms with Gasteiger partial charge in [-0.25, -0.2) is 0 Å². The van der Waals surface area contributed by atoms with E-state index in [2.05, 4.69) is 15.5 Å². The molecule has 160 valence electrons. The van der Waals surface area contributed by atoms with E-state index >= 15 is 0 Å². The van der Waals surface area contributed by atoms with Crippen LogP contribution in [0.3, 0.4) is 0 Å². The minimum absolute atomic E-state index is 0.0186. The Bertz CT molecular complexity index is 1210. The summed E-state index contributed by atoms with van der Waals surface area (Å²) < 4.78 is 1.93. The number of carbonyl (C=O) groups is 1. The normalized spacial score (nSPS) is 10.6. The fraction of sp³-hybridized carbons (Fsp3) is 0.0870. The molecule has 4 aromatic rings. The lowest BCUT2D eigenvalue weighted by molar-refractivity contribution is -0.384. The summed E-state index contributed by atoms with van der Waals surface area (Å²) in [7, 11) is 0. The zero-order chi connectivity index (χ0) is 22.3. The van der Waals surface area contributed by atoms with E-state index in [4.69, 9.17) is 0 Å². The molecular weight excluding hydrogens is 426 g/mol. The molecule has 32 heavy (non-hydrogen) atoms. The third-order valence-corrected chi connectivity index (χ3v) is 5.58. The van der Waals surface area contributed by atoms with Gasteiger partial charge in [-0.3, -0.25) is 19.5 Å². The molecule has 0 atom stereocenters. The molecule has 1 N–H and O–H groups in total. The van der Waals surface area contributed by atoms with E-state index in [1.165, 1.54) is 23.9 Å². The van der Waals surface area contributed by atoms with Crippen molar-refractivity contribution in [2.75, 3.05) is 5.75 Å². The van der Waals surface area contributed by atoms with Gasteiger partial charge in [-0.15, -0.1) is 10.2 Å². The van der Waals surface area contributed by atoms with Crippen molar-refractivity contribution < 1.29 is 9.72 Å². The summed E-state index contributed by atoms with van der Waals surface area (Å²) in [6, 6.07) is 25.6. The molecule has 0 fully saturated rings. The third kappa shape index (κ3) is 5.01. The molecule has 1 heterocycles. The van der Waals surface area contributed by atoms with Crippen molar-refractivity contribution in [2.45, 2.75) is 11.7 Å². The summed E-state index contributed by atoms with van der Waals surface area (Å²) in [5, 5.41) is 22.9. The van der Waals surface area contributed by atoms with Crippen molar-refractivity contribution in [2.24, 2.45) is 0 Å². The van der Waals surface area contributed by atoms with Crippen molar-refractivity contribution in [3.63, 3.8) is 0 Å². The maximum Gasteiger partial charge on any atom is 0.269 e. The molecule has 3 aromatic carbocycles. The molecule has 0 saturated heterocycles. The van der Waals surface area contributed by atoms with Crippen LogP contribution in [-0.2, 0) is 11.3 Å². The van der Waals surface area contributed by atoms with Crippen LogP contribution in [0.25, 0.3) is 17.1 Å². The fourth-order valence-electron chi connectivity index (χ4n) is 3.06. The maximum absolute atomic E-state index is 12.4. The first-order chi connectivity index (χ1) is 15.6. The Labute approximate surface area is 188 Å². The molecule has 0 spiro atoms. The monoisotopic (exact) mass is 445 g/mol. The molecule has 1 amide bonds. The van der Waals surface area contributed by atoms with Gasteiger partial charge >= 0.3 is 0 Å². The van der Waals surface area contributed by atoms with Crippen LogP contribution in [0.1, 0.15) is 5.56 Å². The number of benzene rings is 3. The van der Waals surface area contributed by atoms with E-state index in [-0.39, 0.29) is 23.9 Å². The van der Waals surface area contributed by atoms with Crippen LogP contribution in [0, 0.1) is 10.1 Å². The van der Waals surface area contributed by atoms with Gasteiger partial charge in [0.25, 0.3) is 5.69 Å². The second kappa shape index (κ2) is 9.88. The van der Waals surface area contributed by atoms with Crippen molar-refractivity contribution in [3.05, 3.63) is 101 Å². The largest absolute Gasteiger partial charge is 0.351 e. The number of aromatic nitrogens is 3. The van der Waals surface area contributed by atoms with Gasteiger partial charge in [0.2, 0.25) is 5.91 Å². The first-order valence-electron chi connectivity index (χ1n) is 9.81. The van der Waals surface area contributed by atoms with Gasteiger partial charge < -0.3 is 5.32 Å². The van der Waals surface area contributed by atoms with E-state index in [1.807, 2.05) is 65.2 Å². The van der Waals surface area contributed by atoms with Gasteiger partial charge in [0.1, 0.15) is 0 Å². The number of non-ortho nitro benzene ring substituents is 1. The van der Waals surface area contributed by atoms with E-state index in [1.54, 1.807) is 12.1 Å². The summed E-state index contributed by atoms with van der Waals surface area (Å²) in [5.74, 6) is 0.690. The van der Waals surface area contributed by atoms with E-state index in [0.717, 1.165) is 16.8 Å². The van der Waals surface area contributed by atoms with E-state index in [9.17, 15) is 14.9 Å². The Kier molecular flexibility index (Phi) is 6.57. The minimum atomic E-state index is -0.453. The molecule has 8 nitrogen and oxygen atoms in total. The molecule has 0 unspecified atom stereocenters. The highest BCUT2D eigenvalue weighted by Gasteiger charge is 2.17. The lowest BCUT2D eigenvalue weighted by atomic mass is 10.2. The Balaban J connectivity index is 1.45.